The van der Waals surface area contributed by atoms with Crippen LogP contribution in [0, 0.1) is 0 Å². The van der Waals surface area contributed by atoms with Gasteiger partial charge in [0.15, 0.2) is 0 Å². The molecule has 0 saturated carbocycles. The molecular formula is C11H20O3. The lowest BCUT2D eigenvalue weighted by Gasteiger charge is -2.07. The van der Waals surface area contributed by atoms with Crippen LogP contribution in [0.25, 0.3) is 0 Å². The molecule has 0 bridgehead atoms. The van der Waals surface area contributed by atoms with Crippen molar-refractivity contribution in [3.05, 3.63) is 12.2 Å². The van der Waals surface area contributed by atoms with Gasteiger partial charge in [0.25, 0.3) is 0 Å². The first-order chi connectivity index (χ1) is 6.57. The lowest BCUT2D eigenvalue weighted by atomic mass is 10.1. The largest absolute Gasteiger partial charge is 0.462 e. The van der Waals surface area contributed by atoms with Gasteiger partial charge in [-0.05, 0) is 32.6 Å². The van der Waals surface area contributed by atoms with Crippen molar-refractivity contribution in [2.45, 2.75) is 45.6 Å². The zero-order chi connectivity index (χ0) is 11.0. The Balaban J connectivity index is 3.30. The molecule has 0 aliphatic carbocycles. The van der Waals surface area contributed by atoms with Gasteiger partial charge in [0.1, 0.15) is 0 Å². The topological polar surface area (TPSA) is 46.5 Å². The SMILES string of the molecule is C=C(C)C(=O)OCCCCC(O)CC. The van der Waals surface area contributed by atoms with Gasteiger partial charge in [-0.2, -0.15) is 0 Å². The highest BCUT2D eigenvalue weighted by atomic mass is 16.5. The summed E-state index contributed by atoms with van der Waals surface area (Å²) in [7, 11) is 0. The summed E-state index contributed by atoms with van der Waals surface area (Å²) < 4.78 is 4.90. The lowest BCUT2D eigenvalue weighted by molar-refractivity contribution is -0.139. The highest BCUT2D eigenvalue weighted by Gasteiger charge is 2.03. The molecule has 0 fully saturated rings. The van der Waals surface area contributed by atoms with E-state index < -0.39 is 0 Å². The Hall–Kier alpha value is -0.830. The monoisotopic (exact) mass is 200 g/mol. The van der Waals surface area contributed by atoms with E-state index in [9.17, 15) is 9.90 Å². The Morgan fingerprint density at radius 1 is 1.50 bits per heavy atom. The predicted octanol–water partition coefficient (Wildman–Crippen LogP) is 2.05. The molecule has 0 spiro atoms. The maximum atomic E-state index is 10.9. The van der Waals surface area contributed by atoms with Crippen molar-refractivity contribution in [1.29, 1.82) is 0 Å². The van der Waals surface area contributed by atoms with Gasteiger partial charge in [0.2, 0.25) is 0 Å². The summed E-state index contributed by atoms with van der Waals surface area (Å²) in [6.07, 6.45) is 3.04. The van der Waals surface area contributed by atoms with Crippen LogP contribution in [0.3, 0.4) is 0 Å². The van der Waals surface area contributed by atoms with E-state index in [-0.39, 0.29) is 12.1 Å². The first kappa shape index (κ1) is 13.2. The molecule has 0 radical (unpaired) electrons. The minimum atomic E-state index is -0.332. The summed E-state index contributed by atoms with van der Waals surface area (Å²) in [5.41, 5.74) is 0.429. The van der Waals surface area contributed by atoms with Crippen molar-refractivity contribution >= 4 is 5.97 Å². The number of unbranched alkanes of at least 4 members (excludes halogenated alkanes) is 1. The number of carbonyl (C=O) groups excluding carboxylic acids is 1. The van der Waals surface area contributed by atoms with Crippen molar-refractivity contribution in [3.63, 3.8) is 0 Å². The van der Waals surface area contributed by atoms with Gasteiger partial charge in [-0.15, -0.1) is 0 Å². The quantitative estimate of drug-likeness (QED) is 0.388. The Bertz CT molecular complexity index is 187. The summed E-state index contributed by atoms with van der Waals surface area (Å²) in [6, 6.07) is 0. The van der Waals surface area contributed by atoms with Crippen LogP contribution < -0.4 is 0 Å². The highest BCUT2D eigenvalue weighted by molar-refractivity contribution is 5.86. The molecule has 3 nitrogen and oxygen atoms in total. The van der Waals surface area contributed by atoms with Gasteiger partial charge in [0, 0.05) is 5.57 Å². The number of rotatable bonds is 7. The van der Waals surface area contributed by atoms with Crippen molar-refractivity contribution < 1.29 is 14.6 Å². The fourth-order valence-electron chi connectivity index (χ4n) is 0.974. The maximum Gasteiger partial charge on any atom is 0.333 e. The fourth-order valence-corrected chi connectivity index (χ4v) is 0.974. The van der Waals surface area contributed by atoms with E-state index in [1.165, 1.54) is 0 Å². The van der Waals surface area contributed by atoms with Crippen LogP contribution in [0.5, 0.6) is 0 Å². The lowest BCUT2D eigenvalue weighted by Crippen LogP contribution is -2.08. The van der Waals surface area contributed by atoms with Crippen molar-refractivity contribution in [2.75, 3.05) is 6.61 Å². The third kappa shape index (κ3) is 6.66. The second kappa shape index (κ2) is 7.56. The van der Waals surface area contributed by atoms with Crippen LogP contribution in [-0.2, 0) is 9.53 Å². The molecule has 0 aromatic heterocycles. The molecule has 1 atom stereocenters. The third-order valence-electron chi connectivity index (χ3n) is 1.98. The average Bonchev–Trinajstić information content (AvgIpc) is 2.16. The predicted molar refractivity (Wildman–Crippen MR) is 55.9 cm³/mol. The molecule has 3 heteroatoms. The Kier molecular flexibility index (Phi) is 7.11. The summed E-state index contributed by atoms with van der Waals surface area (Å²) >= 11 is 0. The molecule has 0 saturated heterocycles. The Morgan fingerprint density at radius 3 is 2.64 bits per heavy atom. The molecule has 1 N–H and O–H groups in total. The molecule has 0 aliphatic heterocycles. The van der Waals surface area contributed by atoms with Crippen molar-refractivity contribution in [3.8, 4) is 0 Å². The third-order valence-corrected chi connectivity index (χ3v) is 1.98. The van der Waals surface area contributed by atoms with E-state index in [1.54, 1.807) is 6.92 Å². The summed E-state index contributed by atoms with van der Waals surface area (Å²) in [6.45, 7) is 7.48. The number of aliphatic hydroxyl groups excluding tert-OH is 1. The Labute approximate surface area is 85.8 Å². The van der Waals surface area contributed by atoms with Gasteiger partial charge in [-0.3, -0.25) is 0 Å². The second-order valence-electron chi connectivity index (χ2n) is 3.47. The van der Waals surface area contributed by atoms with E-state index >= 15 is 0 Å². The highest BCUT2D eigenvalue weighted by Crippen LogP contribution is 2.04. The number of hydrogen-bond donors (Lipinski definition) is 1. The maximum absolute atomic E-state index is 10.9. The molecular weight excluding hydrogens is 180 g/mol. The molecule has 0 rings (SSSR count). The van der Waals surface area contributed by atoms with Gasteiger partial charge in [-0.25, -0.2) is 4.79 Å². The zero-order valence-corrected chi connectivity index (χ0v) is 9.08. The van der Waals surface area contributed by atoms with E-state index in [4.69, 9.17) is 4.74 Å². The molecule has 0 aromatic carbocycles. The summed E-state index contributed by atoms with van der Waals surface area (Å²) in [5.74, 6) is -0.332. The number of ether oxygens (including phenoxy) is 1. The smallest absolute Gasteiger partial charge is 0.333 e. The normalized spacial score (nSPS) is 12.2. The summed E-state index contributed by atoms with van der Waals surface area (Å²) in [5, 5.41) is 9.23. The molecule has 0 aliphatic rings. The van der Waals surface area contributed by atoms with Crippen LogP contribution in [0.15, 0.2) is 12.2 Å². The molecule has 0 aromatic rings. The summed E-state index contributed by atoms with van der Waals surface area (Å²) in [4.78, 5) is 10.9. The Morgan fingerprint density at radius 2 is 2.14 bits per heavy atom. The van der Waals surface area contributed by atoms with Gasteiger partial charge in [0.05, 0.1) is 12.7 Å². The van der Waals surface area contributed by atoms with Crippen LogP contribution in [0.2, 0.25) is 0 Å². The molecule has 0 heterocycles. The minimum absolute atomic E-state index is 0.216. The first-order valence-corrected chi connectivity index (χ1v) is 5.08. The van der Waals surface area contributed by atoms with Gasteiger partial charge in [-0.1, -0.05) is 13.5 Å². The molecule has 82 valence electrons. The van der Waals surface area contributed by atoms with E-state index in [0.29, 0.717) is 12.2 Å². The van der Waals surface area contributed by atoms with E-state index in [0.717, 1.165) is 25.7 Å². The van der Waals surface area contributed by atoms with Crippen molar-refractivity contribution in [2.24, 2.45) is 0 Å². The standard InChI is InChI=1S/C11H20O3/c1-4-10(12)7-5-6-8-14-11(13)9(2)3/h10,12H,2,4-8H2,1,3H3. The van der Waals surface area contributed by atoms with Crippen LogP contribution in [-0.4, -0.2) is 23.8 Å². The fraction of sp³-hybridized carbons (Fsp3) is 0.727. The van der Waals surface area contributed by atoms with E-state index in [2.05, 4.69) is 6.58 Å². The minimum Gasteiger partial charge on any atom is -0.462 e. The van der Waals surface area contributed by atoms with Gasteiger partial charge >= 0.3 is 5.97 Å². The number of hydrogen-bond acceptors (Lipinski definition) is 3. The van der Waals surface area contributed by atoms with E-state index in [1.807, 2.05) is 6.92 Å². The number of carbonyl (C=O) groups is 1. The van der Waals surface area contributed by atoms with Gasteiger partial charge < -0.3 is 9.84 Å². The van der Waals surface area contributed by atoms with Crippen LogP contribution in [0.1, 0.15) is 39.5 Å². The second-order valence-corrected chi connectivity index (χ2v) is 3.47. The number of aliphatic hydroxyl groups is 1. The first-order valence-electron chi connectivity index (χ1n) is 5.08. The van der Waals surface area contributed by atoms with Crippen molar-refractivity contribution in [1.82, 2.24) is 0 Å². The average molecular weight is 200 g/mol. The number of esters is 1. The molecule has 14 heavy (non-hydrogen) atoms. The zero-order valence-electron chi connectivity index (χ0n) is 9.08. The molecule has 0 amide bonds. The molecule has 1 unspecified atom stereocenters. The van der Waals surface area contributed by atoms with Crippen LogP contribution >= 0.6 is 0 Å². The van der Waals surface area contributed by atoms with Crippen LogP contribution in [0.4, 0.5) is 0 Å².